The van der Waals surface area contributed by atoms with Crippen LogP contribution < -0.4 is 10.1 Å². The number of hydrogen-bond acceptors (Lipinski definition) is 4. The third-order valence-corrected chi connectivity index (χ3v) is 4.76. The standard InChI is InChI=1S/C21H26N2O3/c1-16-3-5-17(6-4-16)20(23-11-13-26-14-12-23)15-22-21(24)18-7-9-19(25-2)10-8-18/h3-10,20H,11-15H2,1-2H3,(H,22,24). The second-order valence-corrected chi connectivity index (χ2v) is 6.51. The van der Waals surface area contributed by atoms with Gasteiger partial charge in [-0.2, -0.15) is 0 Å². The fourth-order valence-corrected chi connectivity index (χ4v) is 3.17. The Labute approximate surface area is 154 Å². The molecule has 3 rings (SSSR count). The number of nitrogens with zero attached hydrogens (tertiary/aromatic N) is 1. The molecule has 1 heterocycles. The number of nitrogens with one attached hydrogen (secondary N) is 1. The second kappa shape index (κ2) is 8.83. The van der Waals surface area contributed by atoms with E-state index in [9.17, 15) is 4.79 Å². The first-order valence-electron chi connectivity index (χ1n) is 8.98. The number of morpholine rings is 1. The van der Waals surface area contributed by atoms with Gasteiger partial charge in [0.15, 0.2) is 0 Å². The smallest absolute Gasteiger partial charge is 0.251 e. The van der Waals surface area contributed by atoms with Crippen molar-refractivity contribution in [3.63, 3.8) is 0 Å². The van der Waals surface area contributed by atoms with E-state index in [0.29, 0.717) is 12.1 Å². The maximum absolute atomic E-state index is 12.5. The number of carbonyl (C=O) groups excluding carboxylic acids is 1. The highest BCUT2D eigenvalue weighted by Crippen LogP contribution is 2.22. The van der Waals surface area contributed by atoms with Gasteiger partial charge in [0, 0.05) is 25.2 Å². The number of rotatable bonds is 6. The molecule has 0 radical (unpaired) electrons. The lowest BCUT2D eigenvalue weighted by molar-refractivity contribution is 0.0162. The van der Waals surface area contributed by atoms with Gasteiger partial charge in [0.2, 0.25) is 0 Å². The summed E-state index contributed by atoms with van der Waals surface area (Å²) in [5.74, 6) is 0.672. The average molecular weight is 354 g/mol. The summed E-state index contributed by atoms with van der Waals surface area (Å²) in [6, 6.07) is 15.8. The van der Waals surface area contributed by atoms with Crippen molar-refractivity contribution in [3.8, 4) is 5.75 Å². The van der Waals surface area contributed by atoms with Crippen molar-refractivity contribution in [2.45, 2.75) is 13.0 Å². The van der Waals surface area contributed by atoms with Gasteiger partial charge in [0.1, 0.15) is 5.75 Å². The van der Waals surface area contributed by atoms with Gasteiger partial charge in [-0.3, -0.25) is 9.69 Å². The minimum absolute atomic E-state index is 0.0713. The minimum atomic E-state index is -0.0713. The van der Waals surface area contributed by atoms with Crippen LogP contribution in [0.15, 0.2) is 48.5 Å². The van der Waals surface area contributed by atoms with Gasteiger partial charge in [-0.05, 0) is 36.8 Å². The molecular weight excluding hydrogens is 328 g/mol. The lowest BCUT2D eigenvalue weighted by atomic mass is 10.0. The number of carbonyl (C=O) groups is 1. The first-order valence-corrected chi connectivity index (χ1v) is 8.98. The van der Waals surface area contributed by atoms with Crippen LogP contribution in [0.2, 0.25) is 0 Å². The Hall–Kier alpha value is -2.37. The summed E-state index contributed by atoms with van der Waals surface area (Å²) in [6.45, 7) is 5.85. The van der Waals surface area contributed by atoms with E-state index >= 15 is 0 Å². The van der Waals surface area contributed by atoms with Crippen molar-refractivity contribution in [3.05, 3.63) is 65.2 Å². The fraction of sp³-hybridized carbons (Fsp3) is 0.381. The molecule has 26 heavy (non-hydrogen) atoms. The monoisotopic (exact) mass is 354 g/mol. The Kier molecular flexibility index (Phi) is 6.26. The molecule has 1 amide bonds. The summed E-state index contributed by atoms with van der Waals surface area (Å²) in [5, 5.41) is 3.08. The summed E-state index contributed by atoms with van der Waals surface area (Å²) in [5.41, 5.74) is 3.08. The molecule has 1 N–H and O–H groups in total. The number of hydrogen-bond donors (Lipinski definition) is 1. The Morgan fingerprint density at radius 3 is 2.38 bits per heavy atom. The first kappa shape index (κ1) is 18.4. The molecule has 0 saturated carbocycles. The van der Waals surface area contributed by atoms with Gasteiger partial charge in [0.25, 0.3) is 5.91 Å². The second-order valence-electron chi connectivity index (χ2n) is 6.51. The highest BCUT2D eigenvalue weighted by atomic mass is 16.5. The van der Waals surface area contributed by atoms with Crippen LogP contribution in [-0.4, -0.2) is 50.8 Å². The molecule has 0 aromatic heterocycles. The van der Waals surface area contributed by atoms with E-state index in [1.807, 2.05) is 0 Å². The summed E-state index contributed by atoms with van der Waals surface area (Å²) >= 11 is 0. The van der Waals surface area contributed by atoms with E-state index in [2.05, 4.69) is 41.4 Å². The van der Waals surface area contributed by atoms with Gasteiger partial charge in [-0.1, -0.05) is 29.8 Å². The predicted molar refractivity (Wildman–Crippen MR) is 102 cm³/mol. The molecule has 1 unspecified atom stereocenters. The lowest BCUT2D eigenvalue weighted by Crippen LogP contribution is -2.43. The summed E-state index contributed by atoms with van der Waals surface area (Å²) in [7, 11) is 1.61. The van der Waals surface area contributed by atoms with E-state index in [-0.39, 0.29) is 11.9 Å². The average Bonchev–Trinajstić information content (AvgIpc) is 2.70. The van der Waals surface area contributed by atoms with E-state index in [0.717, 1.165) is 32.1 Å². The number of benzene rings is 2. The molecular formula is C21H26N2O3. The molecule has 2 aromatic rings. The van der Waals surface area contributed by atoms with Crippen molar-refractivity contribution in [1.29, 1.82) is 0 Å². The third kappa shape index (κ3) is 4.62. The van der Waals surface area contributed by atoms with E-state index in [4.69, 9.17) is 9.47 Å². The van der Waals surface area contributed by atoms with Crippen molar-refractivity contribution >= 4 is 5.91 Å². The number of aryl methyl sites for hydroxylation is 1. The minimum Gasteiger partial charge on any atom is -0.497 e. The zero-order valence-electron chi connectivity index (χ0n) is 15.4. The molecule has 0 bridgehead atoms. The van der Waals surface area contributed by atoms with Gasteiger partial charge >= 0.3 is 0 Å². The maximum atomic E-state index is 12.5. The molecule has 0 spiro atoms. The van der Waals surface area contributed by atoms with E-state index in [1.165, 1.54) is 11.1 Å². The number of amides is 1. The van der Waals surface area contributed by atoms with Crippen LogP contribution in [0.5, 0.6) is 5.75 Å². The van der Waals surface area contributed by atoms with E-state index in [1.54, 1.807) is 31.4 Å². The Balaban J connectivity index is 1.70. The molecule has 1 aliphatic rings. The Morgan fingerprint density at radius 2 is 1.77 bits per heavy atom. The van der Waals surface area contributed by atoms with Crippen LogP contribution >= 0.6 is 0 Å². The van der Waals surface area contributed by atoms with Gasteiger partial charge in [0.05, 0.1) is 26.4 Å². The van der Waals surface area contributed by atoms with Crippen LogP contribution in [0.1, 0.15) is 27.5 Å². The molecule has 0 aliphatic carbocycles. The normalized spacial score (nSPS) is 16.1. The Bertz CT molecular complexity index is 707. The van der Waals surface area contributed by atoms with Crippen LogP contribution in [0.4, 0.5) is 0 Å². The largest absolute Gasteiger partial charge is 0.497 e. The number of ether oxygens (including phenoxy) is 2. The topological polar surface area (TPSA) is 50.8 Å². The van der Waals surface area contributed by atoms with Gasteiger partial charge < -0.3 is 14.8 Å². The number of methoxy groups -OCH3 is 1. The summed E-state index contributed by atoms with van der Waals surface area (Å²) in [6.07, 6.45) is 0. The lowest BCUT2D eigenvalue weighted by Gasteiger charge is -2.35. The van der Waals surface area contributed by atoms with Crippen LogP contribution in [0, 0.1) is 6.92 Å². The van der Waals surface area contributed by atoms with Crippen molar-refractivity contribution in [2.24, 2.45) is 0 Å². The van der Waals surface area contributed by atoms with Crippen LogP contribution in [-0.2, 0) is 4.74 Å². The van der Waals surface area contributed by atoms with Crippen LogP contribution in [0.25, 0.3) is 0 Å². The zero-order valence-corrected chi connectivity index (χ0v) is 15.4. The van der Waals surface area contributed by atoms with E-state index < -0.39 is 0 Å². The molecule has 2 aromatic carbocycles. The molecule has 1 fully saturated rings. The quantitative estimate of drug-likeness (QED) is 0.867. The molecule has 1 aliphatic heterocycles. The predicted octanol–water partition coefficient (Wildman–Crippen LogP) is 2.81. The molecule has 1 atom stereocenters. The van der Waals surface area contributed by atoms with Crippen molar-refractivity contribution < 1.29 is 14.3 Å². The zero-order chi connectivity index (χ0) is 18.4. The van der Waals surface area contributed by atoms with Crippen molar-refractivity contribution in [2.75, 3.05) is 40.0 Å². The third-order valence-electron chi connectivity index (χ3n) is 4.76. The fourth-order valence-electron chi connectivity index (χ4n) is 3.17. The molecule has 5 heteroatoms. The molecule has 1 saturated heterocycles. The first-order chi connectivity index (χ1) is 12.7. The molecule has 138 valence electrons. The SMILES string of the molecule is COc1ccc(C(=O)NCC(c2ccc(C)cc2)N2CCOCC2)cc1. The van der Waals surface area contributed by atoms with Crippen LogP contribution in [0.3, 0.4) is 0 Å². The van der Waals surface area contributed by atoms with Crippen molar-refractivity contribution in [1.82, 2.24) is 10.2 Å². The Morgan fingerprint density at radius 1 is 1.12 bits per heavy atom. The summed E-state index contributed by atoms with van der Waals surface area (Å²) < 4.78 is 10.6. The highest BCUT2D eigenvalue weighted by Gasteiger charge is 2.23. The highest BCUT2D eigenvalue weighted by molar-refractivity contribution is 5.94. The van der Waals surface area contributed by atoms with Gasteiger partial charge in [-0.25, -0.2) is 0 Å². The van der Waals surface area contributed by atoms with Gasteiger partial charge in [-0.15, -0.1) is 0 Å². The maximum Gasteiger partial charge on any atom is 0.251 e. The molecule has 5 nitrogen and oxygen atoms in total. The summed E-state index contributed by atoms with van der Waals surface area (Å²) in [4.78, 5) is 14.9.